The Balaban J connectivity index is 1.57. The van der Waals surface area contributed by atoms with Crippen molar-refractivity contribution in [1.29, 1.82) is 0 Å². The van der Waals surface area contributed by atoms with Crippen molar-refractivity contribution in [2.45, 2.75) is 6.54 Å². The van der Waals surface area contributed by atoms with Gasteiger partial charge in [0.05, 0.1) is 23.7 Å². The van der Waals surface area contributed by atoms with Crippen molar-refractivity contribution in [2.75, 3.05) is 7.11 Å². The highest BCUT2D eigenvalue weighted by molar-refractivity contribution is 7.71. The van der Waals surface area contributed by atoms with Crippen LogP contribution in [-0.4, -0.2) is 23.0 Å². The van der Waals surface area contributed by atoms with E-state index in [1.54, 1.807) is 7.11 Å². The van der Waals surface area contributed by atoms with Crippen molar-refractivity contribution in [3.8, 4) is 5.75 Å². The number of carbonyl (C=O) groups is 1. The van der Waals surface area contributed by atoms with Crippen molar-refractivity contribution >= 4 is 39.9 Å². The summed E-state index contributed by atoms with van der Waals surface area (Å²) in [6.07, 6.45) is 0. The molecule has 1 aromatic heterocycles. The fourth-order valence-electron chi connectivity index (χ4n) is 3.07. The van der Waals surface area contributed by atoms with E-state index in [4.69, 9.17) is 17.0 Å². The molecule has 1 heterocycles. The molecule has 0 bridgehead atoms. The summed E-state index contributed by atoms with van der Waals surface area (Å²) in [5.41, 5.74) is 2.10. The second-order valence-corrected chi connectivity index (χ2v) is 6.59. The SMILES string of the molecule is COc1ccc2cc(CNC(=O)c3cc(F)cc4[nH]c(=S)[nH]c34)ccc2c1. The van der Waals surface area contributed by atoms with Crippen molar-refractivity contribution in [2.24, 2.45) is 0 Å². The molecule has 3 N–H and O–H groups in total. The van der Waals surface area contributed by atoms with E-state index in [9.17, 15) is 9.18 Å². The maximum Gasteiger partial charge on any atom is 0.253 e. The first-order valence-corrected chi connectivity index (χ1v) is 8.71. The third-order valence-electron chi connectivity index (χ3n) is 4.40. The van der Waals surface area contributed by atoms with Crippen LogP contribution in [0.1, 0.15) is 15.9 Å². The number of aromatic amines is 2. The van der Waals surface area contributed by atoms with Crippen molar-refractivity contribution in [3.05, 3.63) is 70.2 Å². The molecule has 4 aromatic rings. The van der Waals surface area contributed by atoms with Gasteiger partial charge in [0.15, 0.2) is 4.77 Å². The second kappa shape index (κ2) is 6.85. The minimum absolute atomic E-state index is 0.211. The van der Waals surface area contributed by atoms with E-state index in [1.165, 1.54) is 12.1 Å². The topological polar surface area (TPSA) is 69.9 Å². The van der Waals surface area contributed by atoms with Gasteiger partial charge in [0.1, 0.15) is 11.6 Å². The highest BCUT2D eigenvalue weighted by atomic mass is 32.1. The Bertz CT molecular complexity index is 1230. The number of aromatic nitrogens is 2. The predicted octanol–water partition coefficient (Wildman–Crippen LogP) is 4.46. The molecule has 0 saturated heterocycles. The molecule has 3 aromatic carbocycles. The molecule has 27 heavy (non-hydrogen) atoms. The quantitative estimate of drug-likeness (QED) is 0.457. The normalized spacial score (nSPS) is 11.0. The van der Waals surface area contributed by atoms with Crippen LogP contribution in [0.2, 0.25) is 0 Å². The number of imidazole rings is 1. The maximum atomic E-state index is 13.8. The molecule has 0 aliphatic rings. The Morgan fingerprint density at radius 1 is 1.11 bits per heavy atom. The monoisotopic (exact) mass is 381 g/mol. The van der Waals surface area contributed by atoms with Crippen LogP contribution >= 0.6 is 12.2 Å². The molecule has 0 radical (unpaired) electrons. The number of nitrogens with one attached hydrogen (secondary N) is 3. The zero-order valence-corrected chi connectivity index (χ0v) is 15.2. The van der Waals surface area contributed by atoms with E-state index in [1.807, 2.05) is 36.4 Å². The molecule has 5 nitrogen and oxygen atoms in total. The number of ether oxygens (including phenoxy) is 1. The predicted molar refractivity (Wildman–Crippen MR) is 105 cm³/mol. The number of hydrogen-bond donors (Lipinski definition) is 3. The van der Waals surface area contributed by atoms with Crippen LogP contribution in [0.3, 0.4) is 0 Å². The molecule has 0 fully saturated rings. The summed E-state index contributed by atoms with van der Waals surface area (Å²) in [6, 6.07) is 14.2. The summed E-state index contributed by atoms with van der Waals surface area (Å²) in [6.45, 7) is 0.323. The zero-order valence-electron chi connectivity index (χ0n) is 14.4. The Morgan fingerprint density at radius 2 is 1.89 bits per heavy atom. The van der Waals surface area contributed by atoms with Crippen LogP contribution in [-0.2, 0) is 6.54 Å². The number of halogens is 1. The van der Waals surface area contributed by atoms with E-state index in [2.05, 4.69) is 15.3 Å². The zero-order chi connectivity index (χ0) is 19.0. The number of H-pyrrole nitrogens is 2. The Morgan fingerprint density at radius 3 is 2.70 bits per heavy atom. The van der Waals surface area contributed by atoms with Crippen LogP contribution in [0.25, 0.3) is 21.8 Å². The molecule has 0 spiro atoms. The Labute approximate surface area is 159 Å². The highest BCUT2D eigenvalue weighted by Crippen LogP contribution is 2.22. The number of hydrogen-bond acceptors (Lipinski definition) is 3. The minimum atomic E-state index is -0.502. The molecule has 0 atom stereocenters. The molecule has 0 aliphatic carbocycles. The molecule has 0 saturated carbocycles. The fraction of sp³-hybridized carbons (Fsp3) is 0.100. The minimum Gasteiger partial charge on any atom is -0.497 e. The molecule has 0 unspecified atom stereocenters. The van der Waals surface area contributed by atoms with E-state index >= 15 is 0 Å². The first kappa shape index (κ1) is 17.2. The summed E-state index contributed by atoms with van der Waals surface area (Å²) in [5.74, 6) is -0.0836. The van der Waals surface area contributed by atoms with Crippen LogP contribution < -0.4 is 10.1 Å². The molecule has 7 heteroatoms. The molecule has 1 amide bonds. The number of methoxy groups -OCH3 is 1. The summed E-state index contributed by atoms with van der Waals surface area (Å²) in [5, 5.41) is 4.93. The van der Waals surface area contributed by atoms with Gasteiger partial charge in [-0.25, -0.2) is 4.39 Å². The van der Waals surface area contributed by atoms with Gasteiger partial charge in [0, 0.05) is 6.54 Å². The van der Waals surface area contributed by atoms with Crippen LogP contribution in [0.5, 0.6) is 5.75 Å². The largest absolute Gasteiger partial charge is 0.497 e. The van der Waals surface area contributed by atoms with E-state index in [0.29, 0.717) is 22.3 Å². The van der Waals surface area contributed by atoms with Crippen LogP contribution in [0.15, 0.2) is 48.5 Å². The van der Waals surface area contributed by atoms with Gasteiger partial charge in [-0.3, -0.25) is 4.79 Å². The van der Waals surface area contributed by atoms with Crippen molar-refractivity contribution in [1.82, 2.24) is 15.3 Å². The van der Waals surface area contributed by atoms with Gasteiger partial charge in [-0.1, -0.05) is 18.2 Å². The van der Waals surface area contributed by atoms with Crippen LogP contribution in [0, 0.1) is 10.6 Å². The lowest BCUT2D eigenvalue weighted by molar-refractivity contribution is 0.0952. The Hall–Kier alpha value is -3.19. The molecule has 0 aliphatic heterocycles. The highest BCUT2D eigenvalue weighted by Gasteiger charge is 2.14. The Kier molecular flexibility index (Phi) is 4.37. The summed E-state index contributed by atoms with van der Waals surface area (Å²) < 4.78 is 19.4. The number of amides is 1. The van der Waals surface area contributed by atoms with E-state index < -0.39 is 5.82 Å². The van der Waals surface area contributed by atoms with Gasteiger partial charge in [0.25, 0.3) is 5.91 Å². The first-order chi connectivity index (χ1) is 13.0. The lowest BCUT2D eigenvalue weighted by Gasteiger charge is -2.08. The average molecular weight is 381 g/mol. The fourth-order valence-corrected chi connectivity index (χ4v) is 3.29. The van der Waals surface area contributed by atoms with Gasteiger partial charge in [-0.05, 0) is 58.9 Å². The molecule has 4 rings (SSSR count). The summed E-state index contributed by atoms with van der Waals surface area (Å²) in [4.78, 5) is 18.3. The second-order valence-electron chi connectivity index (χ2n) is 6.19. The summed E-state index contributed by atoms with van der Waals surface area (Å²) >= 11 is 5.03. The number of fused-ring (bicyclic) bond motifs is 2. The van der Waals surface area contributed by atoms with E-state index in [-0.39, 0.29) is 11.5 Å². The van der Waals surface area contributed by atoms with E-state index in [0.717, 1.165) is 22.1 Å². The molecule has 136 valence electrons. The third-order valence-corrected chi connectivity index (χ3v) is 4.60. The average Bonchev–Trinajstić information content (AvgIpc) is 3.04. The molecular formula is C20H16FN3O2S. The number of benzene rings is 3. The smallest absolute Gasteiger partial charge is 0.253 e. The lowest BCUT2D eigenvalue weighted by Crippen LogP contribution is -2.23. The number of carbonyl (C=O) groups excluding carboxylic acids is 1. The standard InChI is InChI=1S/C20H16FN3O2S/c1-26-15-5-4-12-6-11(2-3-13(12)7-15)10-22-19(25)16-8-14(21)9-17-18(16)24-20(27)23-17/h2-9H,10H2,1H3,(H,22,25)(H2,23,24,27). The van der Waals surface area contributed by atoms with Gasteiger partial charge < -0.3 is 20.0 Å². The van der Waals surface area contributed by atoms with Gasteiger partial charge in [-0.2, -0.15) is 0 Å². The van der Waals surface area contributed by atoms with Crippen molar-refractivity contribution < 1.29 is 13.9 Å². The maximum absolute atomic E-state index is 13.8. The first-order valence-electron chi connectivity index (χ1n) is 8.30. The molecular weight excluding hydrogens is 365 g/mol. The summed E-state index contributed by atoms with van der Waals surface area (Å²) in [7, 11) is 1.63. The van der Waals surface area contributed by atoms with Crippen molar-refractivity contribution in [3.63, 3.8) is 0 Å². The van der Waals surface area contributed by atoms with Gasteiger partial charge in [0.2, 0.25) is 0 Å². The van der Waals surface area contributed by atoms with Gasteiger partial charge >= 0.3 is 0 Å². The van der Waals surface area contributed by atoms with Crippen LogP contribution in [0.4, 0.5) is 4.39 Å². The number of rotatable bonds is 4. The third kappa shape index (κ3) is 3.41. The van der Waals surface area contributed by atoms with Gasteiger partial charge in [-0.15, -0.1) is 0 Å². The lowest BCUT2D eigenvalue weighted by atomic mass is 10.1.